The number of rotatable bonds is 3. The summed E-state index contributed by atoms with van der Waals surface area (Å²) in [4.78, 5) is 19.6. The summed E-state index contributed by atoms with van der Waals surface area (Å²) in [5.41, 5.74) is 2.81. The first-order chi connectivity index (χ1) is 12.9. The minimum absolute atomic E-state index is 0.109. The SMILES string of the molecule is CCOc1ccc2c(c1)C(C)CC(C)(C)N2C(=O)c1cc2ncccn2n1. The first kappa shape index (κ1) is 17.5. The fourth-order valence-corrected chi connectivity index (χ4v) is 4.10. The number of hydrogen-bond donors (Lipinski definition) is 0. The highest BCUT2D eigenvalue weighted by molar-refractivity contribution is 6.07. The van der Waals surface area contributed by atoms with Gasteiger partial charge in [0.1, 0.15) is 5.75 Å². The third kappa shape index (κ3) is 2.95. The van der Waals surface area contributed by atoms with Crippen LogP contribution in [0.2, 0.25) is 0 Å². The van der Waals surface area contributed by atoms with Crippen LogP contribution < -0.4 is 9.64 Å². The van der Waals surface area contributed by atoms with E-state index in [4.69, 9.17) is 4.74 Å². The predicted octanol–water partition coefficient (Wildman–Crippen LogP) is 4.06. The molecule has 0 bridgehead atoms. The van der Waals surface area contributed by atoms with Crippen LogP contribution in [-0.4, -0.2) is 32.7 Å². The Morgan fingerprint density at radius 3 is 2.89 bits per heavy atom. The van der Waals surface area contributed by atoms with Crippen LogP contribution >= 0.6 is 0 Å². The third-order valence-electron chi connectivity index (χ3n) is 5.15. The second kappa shape index (κ2) is 6.37. The van der Waals surface area contributed by atoms with E-state index in [1.165, 1.54) is 0 Å². The molecular weight excluding hydrogens is 340 g/mol. The molecule has 1 aliphatic rings. The van der Waals surface area contributed by atoms with Crippen molar-refractivity contribution in [1.29, 1.82) is 0 Å². The lowest BCUT2D eigenvalue weighted by Gasteiger charge is -2.45. The van der Waals surface area contributed by atoms with Gasteiger partial charge in [0, 0.05) is 29.7 Å². The molecule has 6 heteroatoms. The van der Waals surface area contributed by atoms with Gasteiger partial charge in [-0.2, -0.15) is 5.10 Å². The first-order valence-electron chi connectivity index (χ1n) is 9.32. The van der Waals surface area contributed by atoms with Crippen LogP contribution in [0.25, 0.3) is 5.65 Å². The predicted molar refractivity (Wildman–Crippen MR) is 105 cm³/mol. The number of benzene rings is 1. The molecule has 0 N–H and O–H groups in total. The minimum Gasteiger partial charge on any atom is -0.494 e. The number of nitrogens with zero attached hydrogens (tertiary/aromatic N) is 4. The van der Waals surface area contributed by atoms with Crippen LogP contribution in [0.4, 0.5) is 5.69 Å². The van der Waals surface area contributed by atoms with Crippen molar-refractivity contribution in [3.8, 4) is 5.75 Å². The Labute approximate surface area is 158 Å². The van der Waals surface area contributed by atoms with Crippen molar-refractivity contribution in [3.63, 3.8) is 0 Å². The van der Waals surface area contributed by atoms with E-state index < -0.39 is 0 Å². The van der Waals surface area contributed by atoms with Crippen LogP contribution in [0.5, 0.6) is 5.75 Å². The molecule has 1 unspecified atom stereocenters. The topological polar surface area (TPSA) is 59.7 Å². The third-order valence-corrected chi connectivity index (χ3v) is 5.15. The summed E-state index contributed by atoms with van der Waals surface area (Å²) in [5, 5.41) is 4.43. The van der Waals surface area contributed by atoms with Crippen molar-refractivity contribution >= 4 is 17.2 Å². The minimum atomic E-state index is -0.320. The molecule has 1 atom stereocenters. The van der Waals surface area contributed by atoms with E-state index in [1.807, 2.05) is 24.0 Å². The Morgan fingerprint density at radius 1 is 1.33 bits per heavy atom. The van der Waals surface area contributed by atoms with Gasteiger partial charge in [-0.05, 0) is 62.9 Å². The maximum atomic E-state index is 13.5. The molecule has 27 heavy (non-hydrogen) atoms. The molecule has 2 aromatic heterocycles. The number of ether oxygens (including phenoxy) is 1. The molecular formula is C21H24N4O2. The summed E-state index contributed by atoms with van der Waals surface area (Å²) in [5.74, 6) is 1.07. The van der Waals surface area contributed by atoms with E-state index in [1.54, 1.807) is 29.0 Å². The van der Waals surface area contributed by atoms with Crippen molar-refractivity contribution in [2.45, 2.75) is 45.6 Å². The van der Waals surface area contributed by atoms with Gasteiger partial charge in [0.05, 0.1) is 6.61 Å². The van der Waals surface area contributed by atoms with Crippen molar-refractivity contribution in [2.75, 3.05) is 11.5 Å². The van der Waals surface area contributed by atoms with Gasteiger partial charge in [-0.25, -0.2) is 9.50 Å². The van der Waals surface area contributed by atoms with Crippen LogP contribution in [0.1, 0.15) is 56.1 Å². The molecule has 4 rings (SSSR count). The maximum absolute atomic E-state index is 13.5. The summed E-state index contributed by atoms with van der Waals surface area (Å²) in [6.45, 7) is 9.01. The molecule has 0 aliphatic carbocycles. The molecule has 140 valence electrons. The van der Waals surface area contributed by atoms with Gasteiger partial charge in [0.15, 0.2) is 11.3 Å². The zero-order valence-corrected chi connectivity index (χ0v) is 16.1. The van der Waals surface area contributed by atoms with Crippen molar-refractivity contribution in [3.05, 3.63) is 54.0 Å². The highest BCUT2D eigenvalue weighted by Crippen LogP contribution is 2.45. The Bertz CT molecular complexity index is 975. The average Bonchev–Trinajstić information content (AvgIpc) is 3.06. The average molecular weight is 364 g/mol. The van der Waals surface area contributed by atoms with Crippen molar-refractivity contribution in [1.82, 2.24) is 14.6 Å². The van der Waals surface area contributed by atoms with E-state index in [9.17, 15) is 4.79 Å². The molecule has 1 amide bonds. The summed E-state index contributed by atoms with van der Waals surface area (Å²) < 4.78 is 7.30. The Kier molecular flexibility index (Phi) is 4.13. The van der Waals surface area contributed by atoms with Crippen molar-refractivity contribution < 1.29 is 9.53 Å². The zero-order valence-electron chi connectivity index (χ0n) is 16.1. The molecule has 0 fully saturated rings. The number of anilines is 1. The largest absolute Gasteiger partial charge is 0.494 e. The van der Waals surface area contributed by atoms with E-state index in [0.29, 0.717) is 23.9 Å². The monoisotopic (exact) mass is 364 g/mol. The Hall–Kier alpha value is -2.89. The van der Waals surface area contributed by atoms with Gasteiger partial charge in [0.25, 0.3) is 5.91 Å². The van der Waals surface area contributed by atoms with Gasteiger partial charge in [0.2, 0.25) is 0 Å². The number of hydrogen-bond acceptors (Lipinski definition) is 4. The van der Waals surface area contributed by atoms with E-state index in [2.05, 4.69) is 36.9 Å². The second-order valence-electron chi connectivity index (χ2n) is 7.66. The fourth-order valence-electron chi connectivity index (χ4n) is 4.10. The molecule has 3 aromatic rings. The first-order valence-corrected chi connectivity index (χ1v) is 9.32. The van der Waals surface area contributed by atoms with E-state index in [0.717, 1.165) is 23.4 Å². The molecule has 6 nitrogen and oxygen atoms in total. The summed E-state index contributed by atoms with van der Waals surface area (Å²) in [6.07, 6.45) is 4.36. The summed E-state index contributed by atoms with van der Waals surface area (Å²) in [7, 11) is 0. The lowest BCUT2D eigenvalue weighted by molar-refractivity contribution is 0.0948. The lowest BCUT2D eigenvalue weighted by atomic mass is 9.80. The highest BCUT2D eigenvalue weighted by Gasteiger charge is 2.41. The highest BCUT2D eigenvalue weighted by atomic mass is 16.5. The van der Waals surface area contributed by atoms with Crippen molar-refractivity contribution in [2.24, 2.45) is 0 Å². The molecule has 1 aromatic carbocycles. The number of amides is 1. The summed E-state index contributed by atoms with van der Waals surface area (Å²) >= 11 is 0. The number of aromatic nitrogens is 3. The van der Waals surface area contributed by atoms with Crippen LogP contribution in [-0.2, 0) is 0 Å². The normalized spacial score (nSPS) is 18.4. The number of carbonyl (C=O) groups excluding carboxylic acids is 1. The molecule has 1 aliphatic heterocycles. The molecule has 0 radical (unpaired) electrons. The van der Waals surface area contributed by atoms with Crippen LogP contribution in [0.3, 0.4) is 0 Å². The van der Waals surface area contributed by atoms with Gasteiger partial charge in [-0.1, -0.05) is 6.92 Å². The Balaban J connectivity index is 1.80. The molecule has 0 spiro atoms. The fraction of sp³-hybridized carbons (Fsp3) is 0.381. The van der Waals surface area contributed by atoms with Gasteiger partial charge in [-0.3, -0.25) is 4.79 Å². The Morgan fingerprint density at radius 2 is 2.15 bits per heavy atom. The van der Waals surface area contributed by atoms with E-state index >= 15 is 0 Å². The molecule has 3 heterocycles. The van der Waals surface area contributed by atoms with E-state index in [-0.39, 0.29) is 11.4 Å². The zero-order chi connectivity index (χ0) is 19.2. The van der Waals surface area contributed by atoms with Gasteiger partial charge >= 0.3 is 0 Å². The lowest BCUT2D eigenvalue weighted by Crippen LogP contribution is -2.51. The second-order valence-corrected chi connectivity index (χ2v) is 7.66. The van der Waals surface area contributed by atoms with Crippen LogP contribution in [0.15, 0.2) is 42.7 Å². The summed E-state index contributed by atoms with van der Waals surface area (Å²) in [6, 6.07) is 9.52. The number of carbonyl (C=O) groups is 1. The quantitative estimate of drug-likeness (QED) is 0.703. The van der Waals surface area contributed by atoms with Gasteiger partial charge < -0.3 is 9.64 Å². The van der Waals surface area contributed by atoms with Crippen LogP contribution in [0, 0.1) is 0 Å². The standard InChI is InChI=1S/C21H24N4O2/c1-5-27-15-7-8-18-16(11-15)14(2)13-21(3,4)25(18)20(26)17-12-19-22-9-6-10-24(19)23-17/h6-12,14H,5,13H2,1-4H3. The smallest absolute Gasteiger partial charge is 0.279 e. The van der Waals surface area contributed by atoms with Gasteiger partial charge in [-0.15, -0.1) is 0 Å². The maximum Gasteiger partial charge on any atom is 0.279 e. The molecule has 0 saturated heterocycles. The number of fused-ring (bicyclic) bond motifs is 2. The molecule has 0 saturated carbocycles.